The first-order valence-corrected chi connectivity index (χ1v) is 8.05. The predicted octanol–water partition coefficient (Wildman–Crippen LogP) is 1.90. The van der Waals surface area contributed by atoms with Crippen LogP contribution < -0.4 is 15.5 Å². The Kier molecular flexibility index (Phi) is 4.44. The number of carbonyl (C=O) groups is 1. The number of amides is 1. The molecule has 2 aliphatic rings. The van der Waals surface area contributed by atoms with Crippen LogP contribution in [0.4, 0.5) is 5.69 Å². The summed E-state index contributed by atoms with van der Waals surface area (Å²) in [7, 11) is 1.73. The molecule has 114 valence electrons. The Morgan fingerprint density at radius 1 is 1.24 bits per heavy atom. The van der Waals surface area contributed by atoms with E-state index in [1.165, 1.54) is 24.1 Å². The van der Waals surface area contributed by atoms with Gasteiger partial charge >= 0.3 is 0 Å². The molecule has 21 heavy (non-hydrogen) atoms. The van der Waals surface area contributed by atoms with Gasteiger partial charge in [-0.3, -0.25) is 4.79 Å². The SMILES string of the molecule is CNC(=O)C1CCCN(c2ccc(CNC3CC3)cc2)C1. The van der Waals surface area contributed by atoms with E-state index in [1.807, 2.05) is 0 Å². The first kappa shape index (κ1) is 14.4. The molecule has 1 amide bonds. The van der Waals surface area contributed by atoms with Gasteiger partial charge in [-0.15, -0.1) is 0 Å². The summed E-state index contributed by atoms with van der Waals surface area (Å²) in [4.78, 5) is 14.1. The first-order valence-electron chi connectivity index (χ1n) is 8.05. The van der Waals surface area contributed by atoms with Crippen molar-refractivity contribution in [3.8, 4) is 0 Å². The van der Waals surface area contributed by atoms with E-state index in [0.717, 1.165) is 38.5 Å². The highest BCUT2D eigenvalue weighted by Gasteiger charge is 2.25. The summed E-state index contributed by atoms with van der Waals surface area (Å²) in [6.07, 6.45) is 4.74. The Hall–Kier alpha value is -1.55. The Morgan fingerprint density at radius 2 is 2.00 bits per heavy atom. The van der Waals surface area contributed by atoms with Crippen LogP contribution in [0.1, 0.15) is 31.2 Å². The van der Waals surface area contributed by atoms with Crippen molar-refractivity contribution in [2.24, 2.45) is 5.92 Å². The molecule has 1 heterocycles. The summed E-state index contributed by atoms with van der Waals surface area (Å²) < 4.78 is 0. The van der Waals surface area contributed by atoms with E-state index in [4.69, 9.17) is 0 Å². The van der Waals surface area contributed by atoms with Gasteiger partial charge in [0.1, 0.15) is 0 Å². The lowest BCUT2D eigenvalue weighted by Gasteiger charge is -2.33. The smallest absolute Gasteiger partial charge is 0.224 e. The van der Waals surface area contributed by atoms with Crippen molar-refractivity contribution in [1.82, 2.24) is 10.6 Å². The van der Waals surface area contributed by atoms with Crippen LogP contribution in [-0.4, -0.2) is 32.1 Å². The Labute approximate surface area is 126 Å². The molecule has 2 fully saturated rings. The van der Waals surface area contributed by atoms with E-state index in [2.05, 4.69) is 39.8 Å². The van der Waals surface area contributed by atoms with Gasteiger partial charge in [0.15, 0.2) is 0 Å². The summed E-state index contributed by atoms with van der Waals surface area (Å²) >= 11 is 0. The molecule has 1 saturated carbocycles. The molecule has 1 atom stereocenters. The maximum Gasteiger partial charge on any atom is 0.224 e. The van der Waals surface area contributed by atoms with Gasteiger partial charge in [0, 0.05) is 38.4 Å². The molecule has 1 aliphatic carbocycles. The lowest BCUT2D eigenvalue weighted by molar-refractivity contribution is -0.124. The molecule has 1 aliphatic heterocycles. The second kappa shape index (κ2) is 6.48. The second-order valence-electron chi connectivity index (χ2n) is 6.22. The fourth-order valence-electron chi connectivity index (χ4n) is 3.00. The summed E-state index contributed by atoms with van der Waals surface area (Å²) in [6, 6.07) is 9.54. The molecule has 3 rings (SSSR count). The largest absolute Gasteiger partial charge is 0.371 e. The highest BCUT2D eigenvalue weighted by molar-refractivity contribution is 5.79. The zero-order valence-corrected chi connectivity index (χ0v) is 12.8. The number of piperidine rings is 1. The van der Waals surface area contributed by atoms with Crippen molar-refractivity contribution in [2.45, 2.75) is 38.3 Å². The van der Waals surface area contributed by atoms with Crippen LogP contribution in [0, 0.1) is 5.92 Å². The zero-order chi connectivity index (χ0) is 14.7. The van der Waals surface area contributed by atoms with E-state index < -0.39 is 0 Å². The van der Waals surface area contributed by atoms with Crippen molar-refractivity contribution in [3.05, 3.63) is 29.8 Å². The Morgan fingerprint density at radius 3 is 2.67 bits per heavy atom. The van der Waals surface area contributed by atoms with Crippen molar-refractivity contribution >= 4 is 11.6 Å². The van der Waals surface area contributed by atoms with E-state index in [0.29, 0.717) is 0 Å². The Balaban J connectivity index is 1.58. The highest BCUT2D eigenvalue weighted by Crippen LogP contribution is 2.24. The number of anilines is 1. The van der Waals surface area contributed by atoms with Crippen LogP contribution >= 0.6 is 0 Å². The number of hydrogen-bond donors (Lipinski definition) is 2. The summed E-state index contributed by atoms with van der Waals surface area (Å²) in [5.41, 5.74) is 2.57. The second-order valence-corrected chi connectivity index (χ2v) is 6.22. The van der Waals surface area contributed by atoms with Gasteiger partial charge in [-0.05, 0) is 43.4 Å². The molecule has 1 unspecified atom stereocenters. The maximum atomic E-state index is 11.8. The van der Waals surface area contributed by atoms with Gasteiger partial charge in [0.2, 0.25) is 5.91 Å². The topological polar surface area (TPSA) is 44.4 Å². The average Bonchev–Trinajstić information content (AvgIpc) is 3.37. The van der Waals surface area contributed by atoms with Crippen molar-refractivity contribution in [3.63, 3.8) is 0 Å². The van der Waals surface area contributed by atoms with Crippen LogP contribution in [0.3, 0.4) is 0 Å². The number of carbonyl (C=O) groups excluding carboxylic acids is 1. The number of nitrogens with one attached hydrogen (secondary N) is 2. The molecule has 4 heteroatoms. The molecule has 0 bridgehead atoms. The molecule has 0 aromatic heterocycles. The normalized spacial score (nSPS) is 22.1. The molecule has 0 radical (unpaired) electrons. The third-order valence-electron chi connectivity index (χ3n) is 4.51. The summed E-state index contributed by atoms with van der Waals surface area (Å²) in [5, 5.41) is 6.31. The fraction of sp³-hybridized carbons (Fsp3) is 0.588. The van der Waals surface area contributed by atoms with Crippen molar-refractivity contribution in [1.29, 1.82) is 0 Å². The zero-order valence-electron chi connectivity index (χ0n) is 12.8. The van der Waals surface area contributed by atoms with E-state index >= 15 is 0 Å². The third kappa shape index (κ3) is 3.76. The standard InChI is InChI=1S/C17H25N3O/c1-18-17(21)14-3-2-10-20(12-14)16-8-4-13(5-9-16)11-19-15-6-7-15/h4-5,8-9,14-15,19H,2-3,6-7,10-12H2,1H3,(H,18,21). The number of rotatable bonds is 5. The lowest BCUT2D eigenvalue weighted by Crippen LogP contribution is -2.42. The van der Waals surface area contributed by atoms with E-state index in [-0.39, 0.29) is 11.8 Å². The van der Waals surface area contributed by atoms with Crippen LogP contribution in [0.2, 0.25) is 0 Å². The van der Waals surface area contributed by atoms with E-state index in [1.54, 1.807) is 7.05 Å². The van der Waals surface area contributed by atoms with Crippen LogP contribution in [0.15, 0.2) is 24.3 Å². The molecule has 1 aromatic rings. The van der Waals surface area contributed by atoms with Crippen LogP contribution in [0.5, 0.6) is 0 Å². The molecule has 4 nitrogen and oxygen atoms in total. The van der Waals surface area contributed by atoms with Gasteiger partial charge < -0.3 is 15.5 Å². The number of nitrogens with zero attached hydrogens (tertiary/aromatic N) is 1. The summed E-state index contributed by atoms with van der Waals surface area (Å²) in [5.74, 6) is 0.296. The third-order valence-corrected chi connectivity index (χ3v) is 4.51. The number of benzene rings is 1. The monoisotopic (exact) mass is 287 g/mol. The fourth-order valence-corrected chi connectivity index (χ4v) is 3.00. The molecule has 2 N–H and O–H groups in total. The summed E-state index contributed by atoms with van der Waals surface area (Å²) in [6.45, 7) is 2.85. The maximum absolute atomic E-state index is 11.8. The van der Waals surface area contributed by atoms with Gasteiger partial charge in [-0.1, -0.05) is 12.1 Å². The number of hydrogen-bond acceptors (Lipinski definition) is 3. The van der Waals surface area contributed by atoms with Gasteiger partial charge in [0.25, 0.3) is 0 Å². The minimum absolute atomic E-state index is 0.125. The van der Waals surface area contributed by atoms with Gasteiger partial charge in [-0.2, -0.15) is 0 Å². The van der Waals surface area contributed by atoms with Gasteiger partial charge in [0.05, 0.1) is 5.92 Å². The van der Waals surface area contributed by atoms with Crippen LogP contribution in [0.25, 0.3) is 0 Å². The molecule has 1 saturated heterocycles. The quantitative estimate of drug-likeness (QED) is 0.869. The molecular formula is C17H25N3O. The molecule has 0 spiro atoms. The highest BCUT2D eigenvalue weighted by atomic mass is 16.1. The molecule has 1 aromatic carbocycles. The molecular weight excluding hydrogens is 262 g/mol. The average molecular weight is 287 g/mol. The predicted molar refractivity (Wildman–Crippen MR) is 85.3 cm³/mol. The van der Waals surface area contributed by atoms with Crippen molar-refractivity contribution in [2.75, 3.05) is 25.0 Å². The van der Waals surface area contributed by atoms with Crippen molar-refractivity contribution < 1.29 is 4.79 Å². The van der Waals surface area contributed by atoms with Gasteiger partial charge in [-0.25, -0.2) is 0 Å². The minimum Gasteiger partial charge on any atom is -0.371 e. The lowest BCUT2D eigenvalue weighted by atomic mass is 9.96. The first-order chi connectivity index (χ1) is 10.3. The van der Waals surface area contributed by atoms with Crippen LogP contribution in [-0.2, 0) is 11.3 Å². The Bertz CT molecular complexity index is 481. The minimum atomic E-state index is 0.125. The van der Waals surface area contributed by atoms with E-state index in [9.17, 15) is 4.79 Å².